The number of aromatic nitrogens is 3. The minimum Gasteiger partial charge on any atom is -0.497 e. The molecule has 2 N–H and O–H groups in total. The van der Waals surface area contributed by atoms with E-state index in [-0.39, 0.29) is 17.9 Å². The van der Waals surface area contributed by atoms with Gasteiger partial charge in [-0.1, -0.05) is 51.2 Å². The van der Waals surface area contributed by atoms with E-state index in [0.29, 0.717) is 17.1 Å². The summed E-state index contributed by atoms with van der Waals surface area (Å²) in [4.78, 5) is 29.4. The van der Waals surface area contributed by atoms with E-state index in [1.165, 1.54) is 25.7 Å². The lowest BCUT2D eigenvalue weighted by atomic mass is 10.1. The second kappa shape index (κ2) is 14.3. The summed E-state index contributed by atoms with van der Waals surface area (Å²) >= 11 is 5.36. The topological polar surface area (TPSA) is 92.3 Å². The van der Waals surface area contributed by atoms with Crippen molar-refractivity contribution in [1.82, 2.24) is 25.0 Å². The van der Waals surface area contributed by atoms with Gasteiger partial charge in [0.15, 0.2) is 0 Å². The number of ether oxygens (including phenoxy) is 1. The molecule has 8 nitrogen and oxygen atoms in total. The van der Waals surface area contributed by atoms with Crippen molar-refractivity contribution in [3.05, 3.63) is 47.4 Å². The number of H-pyrrole nitrogens is 1. The fourth-order valence-electron chi connectivity index (χ4n) is 4.96. The van der Waals surface area contributed by atoms with Gasteiger partial charge in [0.1, 0.15) is 22.2 Å². The summed E-state index contributed by atoms with van der Waals surface area (Å²) in [7, 11) is 1.65. The molecular weight excluding hydrogens is 510 g/mol. The van der Waals surface area contributed by atoms with Crippen molar-refractivity contribution in [3.8, 4) is 11.6 Å². The summed E-state index contributed by atoms with van der Waals surface area (Å²) in [6.45, 7) is 2.97. The molecular formula is C30H41N5O3S. The van der Waals surface area contributed by atoms with Crippen LogP contribution >= 0.6 is 12.2 Å². The predicted octanol–water partition coefficient (Wildman–Crippen LogP) is 6.10. The van der Waals surface area contributed by atoms with Crippen molar-refractivity contribution < 1.29 is 14.3 Å². The van der Waals surface area contributed by atoms with Crippen LogP contribution in [0.15, 0.2) is 42.7 Å². The smallest absolute Gasteiger partial charge is 0.243 e. The number of unbranched alkanes of at least 4 members (excludes halogenated alkanes) is 5. The van der Waals surface area contributed by atoms with Crippen LogP contribution in [-0.2, 0) is 9.59 Å². The zero-order valence-electron chi connectivity index (χ0n) is 23.2. The van der Waals surface area contributed by atoms with Gasteiger partial charge >= 0.3 is 0 Å². The van der Waals surface area contributed by atoms with Crippen molar-refractivity contribution in [2.45, 2.75) is 89.6 Å². The highest BCUT2D eigenvalue weighted by molar-refractivity contribution is 7.71. The Morgan fingerprint density at radius 3 is 2.64 bits per heavy atom. The van der Waals surface area contributed by atoms with Gasteiger partial charge in [-0.2, -0.15) is 5.10 Å². The molecule has 2 aromatic heterocycles. The van der Waals surface area contributed by atoms with Crippen LogP contribution in [0.3, 0.4) is 0 Å². The lowest BCUT2D eigenvalue weighted by Gasteiger charge is -2.24. The van der Waals surface area contributed by atoms with E-state index in [4.69, 9.17) is 17.0 Å². The normalized spacial score (nSPS) is 16.6. The summed E-state index contributed by atoms with van der Waals surface area (Å²) in [6.07, 6.45) is 15.4. The maximum Gasteiger partial charge on any atom is 0.243 e. The minimum atomic E-state index is -0.196. The molecule has 3 heterocycles. The number of hydrogen-bond acceptors (Lipinski definition) is 5. The number of methoxy groups -OCH3 is 1. The molecule has 2 fully saturated rings. The Morgan fingerprint density at radius 2 is 1.92 bits per heavy atom. The Kier molecular flexibility index (Phi) is 10.5. The summed E-state index contributed by atoms with van der Waals surface area (Å²) in [5.74, 6) is 1.91. The van der Waals surface area contributed by atoms with Crippen molar-refractivity contribution in [3.63, 3.8) is 0 Å². The lowest BCUT2D eigenvalue weighted by Crippen LogP contribution is -2.46. The van der Waals surface area contributed by atoms with Gasteiger partial charge in [-0.15, -0.1) is 0 Å². The molecule has 0 spiro atoms. The van der Waals surface area contributed by atoms with Crippen LogP contribution in [0.5, 0.6) is 5.75 Å². The zero-order valence-corrected chi connectivity index (χ0v) is 24.0. The van der Waals surface area contributed by atoms with E-state index in [9.17, 15) is 9.59 Å². The molecule has 2 aliphatic rings. The van der Waals surface area contributed by atoms with Gasteiger partial charge in [-0.05, 0) is 67.8 Å². The van der Waals surface area contributed by atoms with Crippen LogP contribution in [0.4, 0.5) is 0 Å². The fourth-order valence-corrected chi connectivity index (χ4v) is 5.25. The van der Waals surface area contributed by atoms with Crippen molar-refractivity contribution >= 4 is 34.8 Å². The maximum absolute atomic E-state index is 12.3. The van der Waals surface area contributed by atoms with Crippen molar-refractivity contribution in [2.75, 3.05) is 13.7 Å². The summed E-state index contributed by atoms with van der Waals surface area (Å²) in [6, 6.07) is 9.88. The van der Waals surface area contributed by atoms with Gasteiger partial charge in [-0.3, -0.25) is 9.59 Å². The average Bonchev–Trinajstić information content (AvgIpc) is 3.38. The summed E-state index contributed by atoms with van der Waals surface area (Å²) in [5, 5.41) is 9.26. The molecule has 0 bridgehead atoms. The number of hydrogen-bond donors (Lipinski definition) is 2. The quantitative estimate of drug-likeness (QED) is 0.222. The van der Waals surface area contributed by atoms with Gasteiger partial charge in [0.25, 0.3) is 0 Å². The fraction of sp³-hybridized carbons (Fsp3) is 0.533. The van der Waals surface area contributed by atoms with Gasteiger partial charge in [-0.25, -0.2) is 4.68 Å². The summed E-state index contributed by atoms with van der Waals surface area (Å²) < 4.78 is 7.67. The second-order valence-corrected chi connectivity index (χ2v) is 10.8. The molecule has 1 aromatic carbocycles. The Balaban J connectivity index is 0.000000183. The molecule has 1 aliphatic heterocycles. The third-order valence-corrected chi connectivity index (χ3v) is 7.65. The number of benzene rings is 1. The molecule has 39 heavy (non-hydrogen) atoms. The first kappa shape index (κ1) is 28.8. The SMILES string of the molecule is CCCCCCCCC(=O)N1CCC[C@H]1C(=O)NC1CC1.COc1ccc2c(=S)[nH]c(-n3cccn3)cc2c1. The molecule has 1 saturated carbocycles. The number of pyridine rings is 1. The standard InChI is InChI=1S/C17H30N2O2.C13H11N3OS/c1-2-3-4-5-6-7-10-16(20)19-13-8-9-15(19)17(21)18-14-11-12-14;1-17-10-3-4-11-9(7-10)8-12(15-13(11)18)16-6-2-5-14-16/h14-15H,2-13H2,1H3,(H,18,21);2-8H,1H3,(H,15,18)/t15-;/m0./s1. The Hall–Kier alpha value is -3.20. The largest absolute Gasteiger partial charge is 0.497 e. The lowest BCUT2D eigenvalue weighted by molar-refractivity contribution is -0.138. The molecule has 1 saturated heterocycles. The first-order valence-corrected chi connectivity index (χ1v) is 14.7. The van der Waals surface area contributed by atoms with E-state index < -0.39 is 0 Å². The highest BCUT2D eigenvalue weighted by Crippen LogP contribution is 2.24. The minimum absolute atomic E-state index is 0.0753. The number of carbonyl (C=O) groups is 2. The van der Waals surface area contributed by atoms with Crippen LogP contribution in [0, 0.1) is 4.64 Å². The number of nitrogens with one attached hydrogen (secondary N) is 2. The van der Waals surface area contributed by atoms with Crippen molar-refractivity contribution in [1.29, 1.82) is 0 Å². The Labute approximate surface area is 236 Å². The van der Waals surface area contributed by atoms with Crippen LogP contribution in [0.25, 0.3) is 16.6 Å². The number of aromatic amines is 1. The van der Waals surface area contributed by atoms with Gasteiger partial charge in [0.05, 0.1) is 7.11 Å². The van der Waals surface area contributed by atoms with E-state index in [1.54, 1.807) is 18.0 Å². The first-order valence-electron chi connectivity index (χ1n) is 14.3. The van der Waals surface area contributed by atoms with E-state index >= 15 is 0 Å². The molecule has 0 unspecified atom stereocenters. The number of nitrogens with zero attached hydrogens (tertiary/aromatic N) is 3. The molecule has 1 atom stereocenters. The average molecular weight is 552 g/mol. The van der Waals surface area contributed by atoms with Crippen LogP contribution in [0.1, 0.15) is 77.6 Å². The highest BCUT2D eigenvalue weighted by atomic mass is 32.1. The molecule has 3 aromatic rings. The molecule has 2 amide bonds. The van der Waals surface area contributed by atoms with E-state index in [0.717, 1.165) is 67.4 Å². The molecule has 210 valence electrons. The zero-order chi connectivity index (χ0) is 27.6. The number of likely N-dealkylation sites (tertiary alicyclic amines) is 1. The maximum atomic E-state index is 12.3. The highest BCUT2D eigenvalue weighted by Gasteiger charge is 2.35. The van der Waals surface area contributed by atoms with Crippen LogP contribution in [0.2, 0.25) is 0 Å². The Bertz CT molecular complexity index is 1290. The van der Waals surface area contributed by atoms with Crippen LogP contribution in [-0.4, -0.2) is 57.2 Å². The molecule has 5 rings (SSSR count). The number of carbonyl (C=O) groups excluding carboxylic acids is 2. The second-order valence-electron chi connectivity index (χ2n) is 10.4. The van der Waals surface area contributed by atoms with E-state index in [1.807, 2.05) is 41.4 Å². The Morgan fingerprint density at radius 1 is 1.13 bits per heavy atom. The van der Waals surface area contributed by atoms with Crippen molar-refractivity contribution in [2.24, 2.45) is 0 Å². The van der Waals surface area contributed by atoms with E-state index in [2.05, 4.69) is 22.3 Å². The number of fused-ring (bicyclic) bond motifs is 1. The molecule has 1 aliphatic carbocycles. The predicted molar refractivity (Wildman–Crippen MR) is 157 cm³/mol. The first-order chi connectivity index (χ1) is 19.0. The number of amides is 2. The molecule has 0 radical (unpaired) electrons. The molecule has 9 heteroatoms. The summed E-state index contributed by atoms with van der Waals surface area (Å²) in [5.41, 5.74) is 0. The van der Waals surface area contributed by atoms with Gasteiger partial charge < -0.3 is 19.9 Å². The third kappa shape index (κ3) is 8.14. The van der Waals surface area contributed by atoms with Gasteiger partial charge in [0, 0.05) is 36.8 Å². The van der Waals surface area contributed by atoms with Gasteiger partial charge in [0.2, 0.25) is 11.8 Å². The number of rotatable bonds is 11. The van der Waals surface area contributed by atoms with Crippen LogP contribution < -0.4 is 10.1 Å². The third-order valence-electron chi connectivity index (χ3n) is 7.33. The monoisotopic (exact) mass is 551 g/mol.